The predicted octanol–water partition coefficient (Wildman–Crippen LogP) is 2.81. The number of aliphatic imine (C=N–C) groups is 1. The quantitative estimate of drug-likeness (QED) is 0.340. The van der Waals surface area contributed by atoms with Crippen LogP contribution >= 0.6 is 0 Å². The molecular formula is C17H33N3O2. The van der Waals surface area contributed by atoms with Crippen LogP contribution in [-0.4, -0.2) is 49.6 Å². The Morgan fingerprint density at radius 1 is 1.18 bits per heavy atom. The van der Waals surface area contributed by atoms with Gasteiger partial charge in [0.15, 0.2) is 5.96 Å². The molecule has 22 heavy (non-hydrogen) atoms. The number of likely N-dealkylation sites (tertiary alicyclic amines) is 1. The first kappa shape index (κ1) is 18.8. The number of carbonyl (C=O) groups excluding carboxylic acids is 1. The van der Waals surface area contributed by atoms with Crippen LogP contribution in [-0.2, 0) is 9.53 Å². The first-order chi connectivity index (χ1) is 10.3. The van der Waals surface area contributed by atoms with Gasteiger partial charge in [0.25, 0.3) is 0 Å². The van der Waals surface area contributed by atoms with Crippen molar-refractivity contribution in [2.45, 2.75) is 65.3 Å². The number of unbranched alkanes of at least 4 members (excludes halogenated alkanes) is 3. The lowest BCUT2D eigenvalue weighted by atomic mass is 9.65. The molecule has 0 bridgehead atoms. The van der Waals surface area contributed by atoms with E-state index >= 15 is 0 Å². The molecule has 1 heterocycles. The standard InChI is InChI=1S/C17H33N3O2/c1-16(2)13-20(17(16,3)4)15(18-5)19-12-10-8-7-9-11-14(21)22-6/h7-13H2,1-6H3,(H,18,19). The van der Waals surface area contributed by atoms with Crippen molar-refractivity contribution in [2.24, 2.45) is 10.4 Å². The molecule has 0 spiro atoms. The largest absolute Gasteiger partial charge is 0.469 e. The maximum absolute atomic E-state index is 11.0. The molecule has 0 aliphatic carbocycles. The summed E-state index contributed by atoms with van der Waals surface area (Å²) in [6.07, 6.45) is 4.72. The minimum absolute atomic E-state index is 0.110. The van der Waals surface area contributed by atoms with Crippen LogP contribution in [0.25, 0.3) is 0 Å². The van der Waals surface area contributed by atoms with Crippen molar-refractivity contribution in [3.05, 3.63) is 0 Å². The number of nitrogens with zero attached hydrogens (tertiary/aromatic N) is 2. The molecular weight excluding hydrogens is 278 g/mol. The SMILES string of the molecule is CN=C(NCCCCCCC(=O)OC)N1CC(C)(C)C1(C)C. The highest BCUT2D eigenvalue weighted by atomic mass is 16.5. The van der Waals surface area contributed by atoms with Crippen LogP contribution in [0.1, 0.15) is 59.8 Å². The van der Waals surface area contributed by atoms with E-state index in [1.165, 1.54) is 7.11 Å². The summed E-state index contributed by atoms with van der Waals surface area (Å²) >= 11 is 0. The zero-order valence-electron chi connectivity index (χ0n) is 15.2. The number of methoxy groups -OCH3 is 1. The van der Waals surface area contributed by atoms with Gasteiger partial charge in [0.05, 0.1) is 7.11 Å². The van der Waals surface area contributed by atoms with Gasteiger partial charge in [0.2, 0.25) is 0 Å². The van der Waals surface area contributed by atoms with Crippen LogP contribution in [0.5, 0.6) is 0 Å². The van der Waals surface area contributed by atoms with E-state index in [2.05, 4.69) is 47.6 Å². The first-order valence-corrected chi connectivity index (χ1v) is 8.31. The lowest BCUT2D eigenvalue weighted by Crippen LogP contribution is -2.72. The fraction of sp³-hybridized carbons (Fsp3) is 0.882. The second-order valence-electron chi connectivity index (χ2n) is 7.24. The smallest absolute Gasteiger partial charge is 0.305 e. The van der Waals surface area contributed by atoms with Crippen molar-refractivity contribution >= 4 is 11.9 Å². The average molecular weight is 311 g/mol. The Balaban J connectivity index is 2.20. The Bertz CT molecular complexity index is 403. The molecule has 1 fully saturated rings. The normalized spacial score (nSPS) is 19.5. The van der Waals surface area contributed by atoms with Gasteiger partial charge in [0, 0.05) is 37.5 Å². The molecule has 0 aromatic carbocycles. The van der Waals surface area contributed by atoms with Gasteiger partial charge in [0.1, 0.15) is 0 Å². The first-order valence-electron chi connectivity index (χ1n) is 8.31. The van der Waals surface area contributed by atoms with Gasteiger partial charge in [-0.1, -0.05) is 26.7 Å². The molecule has 0 radical (unpaired) electrons. The summed E-state index contributed by atoms with van der Waals surface area (Å²) in [6, 6.07) is 0. The number of hydrogen-bond donors (Lipinski definition) is 1. The van der Waals surface area contributed by atoms with Crippen molar-refractivity contribution in [3.8, 4) is 0 Å². The summed E-state index contributed by atoms with van der Waals surface area (Å²) in [4.78, 5) is 17.8. The van der Waals surface area contributed by atoms with Gasteiger partial charge < -0.3 is 15.0 Å². The fourth-order valence-corrected chi connectivity index (χ4v) is 2.75. The third-order valence-electron chi connectivity index (χ3n) is 5.17. The number of ether oxygens (including phenoxy) is 1. The summed E-state index contributed by atoms with van der Waals surface area (Å²) < 4.78 is 4.63. The van der Waals surface area contributed by atoms with Gasteiger partial charge >= 0.3 is 5.97 Å². The zero-order chi connectivity index (χ0) is 16.8. The highest BCUT2D eigenvalue weighted by Crippen LogP contribution is 2.46. The van der Waals surface area contributed by atoms with Crippen molar-refractivity contribution in [1.29, 1.82) is 0 Å². The Morgan fingerprint density at radius 2 is 1.82 bits per heavy atom. The fourth-order valence-electron chi connectivity index (χ4n) is 2.75. The second-order valence-corrected chi connectivity index (χ2v) is 7.24. The molecule has 1 saturated heterocycles. The topological polar surface area (TPSA) is 53.9 Å². The van der Waals surface area contributed by atoms with E-state index in [9.17, 15) is 4.79 Å². The van der Waals surface area contributed by atoms with Gasteiger partial charge in [-0.05, 0) is 26.7 Å². The molecule has 1 N–H and O–H groups in total. The van der Waals surface area contributed by atoms with Gasteiger partial charge in [-0.15, -0.1) is 0 Å². The average Bonchev–Trinajstić information content (AvgIpc) is 2.48. The molecule has 1 rings (SSSR count). The van der Waals surface area contributed by atoms with Crippen LogP contribution < -0.4 is 5.32 Å². The van der Waals surface area contributed by atoms with E-state index in [-0.39, 0.29) is 11.5 Å². The maximum Gasteiger partial charge on any atom is 0.305 e. The van der Waals surface area contributed by atoms with Crippen LogP contribution in [0.15, 0.2) is 4.99 Å². The molecule has 0 aromatic rings. The van der Waals surface area contributed by atoms with E-state index in [1.807, 2.05) is 7.05 Å². The van der Waals surface area contributed by atoms with E-state index in [0.717, 1.165) is 44.7 Å². The van der Waals surface area contributed by atoms with Crippen LogP contribution in [0, 0.1) is 5.41 Å². The third-order valence-corrected chi connectivity index (χ3v) is 5.17. The second kappa shape index (κ2) is 7.84. The molecule has 5 heteroatoms. The van der Waals surface area contributed by atoms with Crippen LogP contribution in [0.2, 0.25) is 0 Å². The molecule has 0 unspecified atom stereocenters. The minimum atomic E-state index is -0.110. The Morgan fingerprint density at radius 3 is 2.32 bits per heavy atom. The summed E-state index contributed by atoms with van der Waals surface area (Å²) in [6.45, 7) is 11.1. The Labute approximate surface area is 135 Å². The van der Waals surface area contributed by atoms with Crippen molar-refractivity contribution in [1.82, 2.24) is 10.2 Å². The van der Waals surface area contributed by atoms with E-state index in [1.54, 1.807) is 0 Å². The van der Waals surface area contributed by atoms with E-state index in [0.29, 0.717) is 11.8 Å². The van der Waals surface area contributed by atoms with Crippen molar-refractivity contribution < 1.29 is 9.53 Å². The van der Waals surface area contributed by atoms with Gasteiger partial charge in [-0.3, -0.25) is 9.79 Å². The molecule has 1 aliphatic rings. The maximum atomic E-state index is 11.0. The number of guanidine groups is 1. The molecule has 0 saturated carbocycles. The van der Waals surface area contributed by atoms with Crippen molar-refractivity contribution in [3.63, 3.8) is 0 Å². The predicted molar refractivity (Wildman–Crippen MR) is 91.0 cm³/mol. The Hall–Kier alpha value is -1.26. The Kier molecular flexibility index (Phi) is 6.69. The minimum Gasteiger partial charge on any atom is -0.469 e. The molecule has 0 atom stereocenters. The molecule has 5 nitrogen and oxygen atoms in total. The third kappa shape index (κ3) is 4.37. The number of esters is 1. The van der Waals surface area contributed by atoms with Crippen LogP contribution in [0.4, 0.5) is 0 Å². The number of hydrogen-bond acceptors (Lipinski definition) is 3. The highest BCUT2D eigenvalue weighted by molar-refractivity contribution is 5.81. The van der Waals surface area contributed by atoms with E-state index < -0.39 is 0 Å². The zero-order valence-corrected chi connectivity index (χ0v) is 15.2. The molecule has 0 amide bonds. The van der Waals surface area contributed by atoms with Crippen LogP contribution in [0.3, 0.4) is 0 Å². The lowest BCUT2D eigenvalue weighted by molar-refractivity contribution is -0.140. The number of carbonyl (C=O) groups is 1. The van der Waals surface area contributed by atoms with Gasteiger partial charge in [-0.2, -0.15) is 0 Å². The van der Waals surface area contributed by atoms with Gasteiger partial charge in [-0.25, -0.2) is 0 Å². The summed E-state index contributed by atoms with van der Waals surface area (Å²) in [7, 11) is 3.29. The lowest BCUT2D eigenvalue weighted by Gasteiger charge is -2.62. The van der Waals surface area contributed by atoms with E-state index in [4.69, 9.17) is 0 Å². The molecule has 1 aliphatic heterocycles. The molecule has 0 aromatic heterocycles. The number of rotatable bonds is 7. The monoisotopic (exact) mass is 311 g/mol. The number of nitrogens with one attached hydrogen (secondary N) is 1. The highest BCUT2D eigenvalue weighted by Gasteiger charge is 2.53. The molecule has 128 valence electrons. The summed E-state index contributed by atoms with van der Waals surface area (Å²) in [5, 5.41) is 3.46. The summed E-state index contributed by atoms with van der Waals surface area (Å²) in [5.41, 5.74) is 0.452. The van der Waals surface area contributed by atoms with Crippen molar-refractivity contribution in [2.75, 3.05) is 27.2 Å². The summed E-state index contributed by atoms with van der Waals surface area (Å²) in [5.74, 6) is 0.889.